The predicted octanol–water partition coefficient (Wildman–Crippen LogP) is 4.42. The minimum absolute atomic E-state index is 0.287. The quantitative estimate of drug-likeness (QED) is 0.760. The van der Waals surface area contributed by atoms with Gasteiger partial charge in [0.25, 0.3) is 0 Å². The minimum Gasteiger partial charge on any atom is -0.384 e. The lowest BCUT2D eigenvalue weighted by Gasteiger charge is -2.15. The van der Waals surface area contributed by atoms with E-state index in [0.29, 0.717) is 27.2 Å². The number of aromatic nitrogens is 1. The highest BCUT2D eigenvalue weighted by atomic mass is 35.5. The van der Waals surface area contributed by atoms with Crippen molar-refractivity contribution < 1.29 is 9.50 Å². The first kappa shape index (κ1) is 14.0. The number of fused-ring (bicyclic) bond motifs is 1. The number of pyridine rings is 1. The van der Waals surface area contributed by atoms with Gasteiger partial charge in [-0.1, -0.05) is 29.8 Å². The van der Waals surface area contributed by atoms with Gasteiger partial charge in [0.2, 0.25) is 0 Å². The van der Waals surface area contributed by atoms with E-state index in [9.17, 15) is 9.50 Å². The Morgan fingerprint density at radius 3 is 2.76 bits per heavy atom. The molecule has 2 aromatic carbocycles. The Balaban J connectivity index is 2.15. The van der Waals surface area contributed by atoms with Crippen LogP contribution in [0.2, 0.25) is 5.02 Å². The first-order valence-electron chi connectivity index (χ1n) is 6.55. The highest BCUT2D eigenvalue weighted by molar-refractivity contribution is 6.35. The molecule has 0 spiro atoms. The summed E-state index contributed by atoms with van der Waals surface area (Å²) in [5.74, 6) is -0.287. The Hall–Kier alpha value is -1.97. The van der Waals surface area contributed by atoms with Crippen LogP contribution >= 0.6 is 11.6 Å². The zero-order valence-corrected chi connectivity index (χ0v) is 12.1. The van der Waals surface area contributed by atoms with Crippen LogP contribution in [-0.2, 0) is 0 Å². The summed E-state index contributed by atoms with van der Waals surface area (Å²) in [5.41, 5.74) is 2.43. The molecule has 1 unspecified atom stereocenters. The topological polar surface area (TPSA) is 33.1 Å². The monoisotopic (exact) mass is 301 g/mol. The van der Waals surface area contributed by atoms with E-state index in [4.69, 9.17) is 11.6 Å². The first-order valence-corrected chi connectivity index (χ1v) is 6.93. The van der Waals surface area contributed by atoms with Crippen LogP contribution in [0, 0.1) is 12.7 Å². The fraction of sp³-hybridized carbons (Fsp3) is 0.118. The SMILES string of the molecule is Cc1cc(C(O)c2ccc(Cl)c3cccnc23)ccc1F. The Morgan fingerprint density at radius 2 is 2.00 bits per heavy atom. The van der Waals surface area contributed by atoms with Crippen LogP contribution in [0.25, 0.3) is 10.9 Å². The van der Waals surface area contributed by atoms with E-state index in [2.05, 4.69) is 4.98 Å². The van der Waals surface area contributed by atoms with Crippen molar-refractivity contribution in [3.05, 3.63) is 76.2 Å². The molecule has 0 aliphatic carbocycles. The number of hydrogen-bond acceptors (Lipinski definition) is 2. The summed E-state index contributed by atoms with van der Waals surface area (Å²) in [4.78, 5) is 4.31. The number of benzene rings is 2. The van der Waals surface area contributed by atoms with Gasteiger partial charge < -0.3 is 5.11 Å². The molecule has 0 amide bonds. The average Bonchev–Trinajstić information content (AvgIpc) is 2.50. The molecule has 0 bridgehead atoms. The van der Waals surface area contributed by atoms with Gasteiger partial charge in [0, 0.05) is 22.2 Å². The zero-order chi connectivity index (χ0) is 15.0. The van der Waals surface area contributed by atoms with Crippen molar-refractivity contribution in [2.24, 2.45) is 0 Å². The molecule has 106 valence electrons. The van der Waals surface area contributed by atoms with Crippen molar-refractivity contribution in [3.8, 4) is 0 Å². The van der Waals surface area contributed by atoms with Crippen molar-refractivity contribution in [3.63, 3.8) is 0 Å². The summed E-state index contributed by atoms with van der Waals surface area (Å²) in [6, 6.07) is 11.7. The van der Waals surface area contributed by atoms with E-state index in [1.54, 1.807) is 43.5 Å². The molecule has 0 radical (unpaired) electrons. The summed E-state index contributed by atoms with van der Waals surface area (Å²) >= 11 is 6.15. The maximum atomic E-state index is 13.4. The first-order chi connectivity index (χ1) is 10.1. The van der Waals surface area contributed by atoms with Crippen molar-refractivity contribution in [2.45, 2.75) is 13.0 Å². The lowest BCUT2D eigenvalue weighted by Crippen LogP contribution is -2.02. The largest absolute Gasteiger partial charge is 0.384 e. The number of aliphatic hydroxyl groups excluding tert-OH is 1. The van der Waals surface area contributed by atoms with Crippen LogP contribution in [0.1, 0.15) is 22.8 Å². The Labute approximate surface area is 126 Å². The van der Waals surface area contributed by atoms with Gasteiger partial charge in [0.15, 0.2) is 0 Å². The summed E-state index contributed by atoms with van der Waals surface area (Å²) in [6.45, 7) is 1.67. The van der Waals surface area contributed by atoms with Crippen molar-refractivity contribution in [1.82, 2.24) is 4.98 Å². The zero-order valence-electron chi connectivity index (χ0n) is 11.3. The molecular formula is C17H13ClFNO. The summed E-state index contributed by atoms with van der Waals surface area (Å²) in [7, 11) is 0. The van der Waals surface area contributed by atoms with Gasteiger partial charge in [-0.05, 0) is 42.3 Å². The van der Waals surface area contributed by atoms with Gasteiger partial charge in [-0.3, -0.25) is 4.98 Å². The number of nitrogens with zero attached hydrogens (tertiary/aromatic N) is 1. The molecule has 2 nitrogen and oxygen atoms in total. The Kier molecular flexibility index (Phi) is 3.62. The number of halogens is 2. The average molecular weight is 302 g/mol. The number of hydrogen-bond donors (Lipinski definition) is 1. The second-order valence-corrected chi connectivity index (χ2v) is 5.35. The van der Waals surface area contributed by atoms with E-state index in [1.807, 2.05) is 6.07 Å². The van der Waals surface area contributed by atoms with Gasteiger partial charge >= 0.3 is 0 Å². The maximum Gasteiger partial charge on any atom is 0.126 e. The smallest absolute Gasteiger partial charge is 0.126 e. The minimum atomic E-state index is -0.876. The molecule has 0 aliphatic rings. The van der Waals surface area contributed by atoms with Crippen molar-refractivity contribution in [1.29, 1.82) is 0 Å². The number of rotatable bonds is 2. The third-order valence-electron chi connectivity index (χ3n) is 3.54. The maximum absolute atomic E-state index is 13.4. The molecule has 1 N–H and O–H groups in total. The molecule has 1 heterocycles. The molecule has 3 rings (SSSR count). The highest BCUT2D eigenvalue weighted by Crippen LogP contribution is 2.31. The normalized spacial score (nSPS) is 12.6. The fourth-order valence-corrected chi connectivity index (χ4v) is 2.61. The van der Waals surface area contributed by atoms with Crippen LogP contribution in [0.15, 0.2) is 48.7 Å². The van der Waals surface area contributed by atoms with E-state index in [0.717, 1.165) is 5.39 Å². The van der Waals surface area contributed by atoms with Gasteiger partial charge in [-0.25, -0.2) is 4.39 Å². The molecule has 1 atom stereocenters. The molecular weight excluding hydrogens is 289 g/mol. The molecule has 0 saturated carbocycles. The molecule has 3 aromatic rings. The van der Waals surface area contributed by atoms with Crippen LogP contribution in [-0.4, -0.2) is 10.1 Å². The third-order valence-corrected chi connectivity index (χ3v) is 3.87. The van der Waals surface area contributed by atoms with Gasteiger partial charge in [0.1, 0.15) is 11.9 Å². The van der Waals surface area contributed by atoms with Crippen LogP contribution in [0.4, 0.5) is 4.39 Å². The van der Waals surface area contributed by atoms with E-state index in [1.165, 1.54) is 6.07 Å². The molecule has 1 aromatic heterocycles. The van der Waals surface area contributed by atoms with Crippen molar-refractivity contribution in [2.75, 3.05) is 0 Å². The van der Waals surface area contributed by atoms with Gasteiger partial charge in [-0.2, -0.15) is 0 Å². The fourth-order valence-electron chi connectivity index (χ4n) is 2.40. The molecule has 0 fully saturated rings. The predicted molar refractivity (Wildman–Crippen MR) is 82.0 cm³/mol. The molecule has 21 heavy (non-hydrogen) atoms. The second-order valence-electron chi connectivity index (χ2n) is 4.95. The van der Waals surface area contributed by atoms with Crippen LogP contribution < -0.4 is 0 Å². The van der Waals surface area contributed by atoms with E-state index < -0.39 is 6.10 Å². The van der Waals surface area contributed by atoms with Crippen LogP contribution in [0.3, 0.4) is 0 Å². The molecule has 0 aliphatic heterocycles. The van der Waals surface area contributed by atoms with Crippen LogP contribution in [0.5, 0.6) is 0 Å². The molecule has 4 heteroatoms. The van der Waals surface area contributed by atoms with E-state index in [-0.39, 0.29) is 5.82 Å². The summed E-state index contributed by atoms with van der Waals surface area (Å²) in [6.07, 6.45) is 0.782. The van der Waals surface area contributed by atoms with Crippen molar-refractivity contribution >= 4 is 22.5 Å². The standard InChI is InChI=1S/C17H13ClFNO/c1-10-9-11(4-7-15(10)19)17(21)13-5-6-14(18)12-3-2-8-20-16(12)13/h2-9,17,21H,1H3. The van der Waals surface area contributed by atoms with E-state index >= 15 is 0 Å². The number of aryl methyl sites for hydroxylation is 1. The Bertz CT molecular complexity index is 819. The van der Waals surface area contributed by atoms with Gasteiger partial charge in [-0.15, -0.1) is 0 Å². The summed E-state index contributed by atoms with van der Waals surface area (Å²) in [5, 5.41) is 12.0. The lowest BCUT2D eigenvalue weighted by atomic mass is 9.97. The number of aliphatic hydroxyl groups is 1. The second kappa shape index (κ2) is 5.43. The molecule has 0 saturated heterocycles. The highest BCUT2D eigenvalue weighted by Gasteiger charge is 2.16. The Morgan fingerprint density at radius 1 is 1.19 bits per heavy atom. The van der Waals surface area contributed by atoms with Gasteiger partial charge in [0.05, 0.1) is 5.52 Å². The third kappa shape index (κ3) is 2.50. The lowest BCUT2D eigenvalue weighted by molar-refractivity contribution is 0.221. The summed E-state index contributed by atoms with van der Waals surface area (Å²) < 4.78 is 13.4.